The molecule has 4 saturated carbocycles. The van der Waals surface area contributed by atoms with Gasteiger partial charge in [0.05, 0.1) is 5.60 Å². The summed E-state index contributed by atoms with van der Waals surface area (Å²) >= 11 is 0. The quantitative estimate of drug-likeness (QED) is 0.633. The van der Waals surface area contributed by atoms with Crippen LogP contribution in [-0.2, 0) is 9.45 Å². The van der Waals surface area contributed by atoms with Crippen molar-refractivity contribution in [2.75, 3.05) is 7.11 Å². The third kappa shape index (κ3) is 2.20. The molecule has 105 valence electrons. The average Bonchev–Trinajstić information content (AvgIpc) is 2.24. The summed E-state index contributed by atoms with van der Waals surface area (Å²) in [5, 5.41) is 23.1. The van der Waals surface area contributed by atoms with Crippen molar-refractivity contribution < 1.29 is 19.7 Å². The highest BCUT2D eigenvalue weighted by atomic mass is 16.4. The van der Waals surface area contributed by atoms with Gasteiger partial charge in [-0.15, -0.1) is 0 Å². The number of carboxylic acids is 1. The van der Waals surface area contributed by atoms with E-state index in [-0.39, 0.29) is 5.41 Å². The number of hydrogen-bond acceptors (Lipinski definition) is 4. The van der Waals surface area contributed by atoms with Crippen LogP contribution in [-0.4, -0.2) is 42.6 Å². The second-order valence-electron chi connectivity index (χ2n) is 6.84. The van der Waals surface area contributed by atoms with Crippen LogP contribution < -0.4 is 5.23 Å². The highest BCUT2D eigenvalue weighted by molar-refractivity contribution is 6.24. The highest BCUT2D eigenvalue weighted by Crippen LogP contribution is 2.62. The lowest BCUT2D eigenvalue weighted by molar-refractivity contribution is -0.181. The second kappa shape index (κ2) is 4.47. The fraction of sp³-hybridized carbons (Fsp3) is 0.923. The van der Waals surface area contributed by atoms with Gasteiger partial charge in [0.1, 0.15) is 6.04 Å². The van der Waals surface area contributed by atoms with Crippen molar-refractivity contribution in [1.82, 2.24) is 5.23 Å². The van der Waals surface area contributed by atoms with Crippen molar-refractivity contribution in [1.29, 1.82) is 0 Å². The zero-order valence-electron chi connectivity index (χ0n) is 11.3. The molecule has 5 nitrogen and oxygen atoms in total. The average molecular weight is 266 g/mol. The Morgan fingerprint density at radius 1 is 1.37 bits per heavy atom. The summed E-state index contributed by atoms with van der Waals surface area (Å²) in [6.45, 7) is 0. The van der Waals surface area contributed by atoms with Crippen LogP contribution in [0.5, 0.6) is 0 Å². The summed E-state index contributed by atoms with van der Waals surface area (Å²) in [5.41, 5.74) is -0.952. The minimum atomic E-state index is -0.848. The molecule has 4 aliphatic carbocycles. The Bertz CT molecular complexity index is 375. The molecular formula is C13H21BNO4. The summed E-state index contributed by atoms with van der Waals surface area (Å²) in [5.74, 6) is 0.119. The predicted octanol–water partition coefficient (Wildman–Crippen LogP) is 0.541. The lowest BCUT2D eigenvalue weighted by atomic mass is 9.46. The smallest absolute Gasteiger partial charge is 0.396 e. The number of hydrogen-bond donors (Lipinski definition) is 3. The molecule has 4 aliphatic rings. The molecule has 0 saturated heterocycles. The fourth-order valence-electron chi connectivity index (χ4n) is 5.27. The molecule has 0 aromatic heterocycles. The van der Waals surface area contributed by atoms with Gasteiger partial charge in [0.15, 0.2) is 0 Å². The number of carbonyl (C=O) groups is 1. The fourth-order valence-corrected chi connectivity index (χ4v) is 5.27. The lowest BCUT2D eigenvalue weighted by Gasteiger charge is -2.61. The molecule has 0 heterocycles. The van der Waals surface area contributed by atoms with Gasteiger partial charge in [0, 0.05) is 7.11 Å². The molecule has 4 bridgehead atoms. The maximum absolute atomic E-state index is 11.6. The minimum Gasteiger partial charge on any atom is -0.480 e. The van der Waals surface area contributed by atoms with E-state index in [1.165, 1.54) is 14.7 Å². The maximum Gasteiger partial charge on any atom is 0.396 e. The predicted molar refractivity (Wildman–Crippen MR) is 69.4 cm³/mol. The van der Waals surface area contributed by atoms with Gasteiger partial charge in [0.25, 0.3) is 0 Å². The zero-order valence-corrected chi connectivity index (χ0v) is 11.3. The van der Waals surface area contributed by atoms with Crippen LogP contribution in [0.4, 0.5) is 0 Å². The van der Waals surface area contributed by atoms with Gasteiger partial charge >= 0.3 is 13.6 Å². The Hall–Kier alpha value is -0.585. The van der Waals surface area contributed by atoms with Crippen LogP contribution in [0.3, 0.4) is 0 Å². The molecule has 0 aliphatic heterocycles. The molecule has 4 rings (SSSR count). The first-order valence-electron chi connectivity index (χ1n) is 7.02. The SMILES string of the molecule is CO[B]N[C@H](C(=O)O)C12CC3CC(CC(O)(C3)C1)C2. The van der Waals surface area contributed by atoms with Crippen LogP contribution in [0, 0.1) is 17.3 Å². The first kappa shape index (κ1) is 13.4. The number of nitrogens with one attached hydrogen (secondary N) is 1. The molecule has 0 spiro atoms. The van der Waals surface area contributed by atoms with E-state index in [0.717, 1.165) is 32.1 Å². The van der Waals surface area contributed by atoms with E-state index < -0.39 is 17.6 Å². The minimum absolute atomic E-state index is 0.320. The standard InChI is InChI=1S/C13H21BNO4/c1-19-14-15-10(11(16)17)12-3-8-2-9(4-12)6-13(18,5-8)7-12/h8-10,15,18H,2-7H2,1H3,(H,16,17)/t8?,9?,10-,12?,13?/m1/s1. The first-order chi connectivity index (χ1) is 8.96. The molecule has 1 radical (unpaired) electrons. The van der Waals surface area contributed by atoms with E-state index in [2.05, 4.69) is 5.23 Å². The van der Waals surface area contributed by atoms with Gasteiger partial charge in [0.2, 0.25) is 0 Å². The van der Waals surface area contributed by atoms with Gasteiger partial charge < -0.3 is 20.1 Å². The summed E-state index contributed by atoms with van der Waals surface area (Å²) in [7, 11) is 2.85. The Kier molecular flexibility index (Phi) is 3.15. The van der Waals surface area contributed by atoms with Crippen molar-refractivity contribution >= 4 is 13.6 Å². The number of aliphatic hydroxyl groups is 1. The van der Waals surface area contributed by atoms with E-state index in [1.807, 2.05) is 0 Å². The van der Waals surface area contributed by atoms with E-state index in [4.69, 9.17) is 4.65 Å². The van der Waals surface area contributed by atoms with Crippen molar-refractivity contribution in [3.63, 3.8) is 0 Å². The van der Waals surface area contributed by atoms with Crippen LogP contribution in [0.1, 0.15) is 38.5 Å². The molecular weight excluding hydrogens is 245 g/mol. The number of rotatable bonds is 5. The van der Waals surface area contributed by atoms with E-state index in [0.29, 0.717) is 18.3 Å². The molecule has 3 N–H and O–H groups in total. The largest absolute Gasteiger partial charge is 0.480 e. The van der Waals surface area contributed by atoms with Crippen LogP contribution in [0.25, 0.3) is 0 Å². The second-order valence-corrected chi connectivity index (χ2v) is 6.84. The van der Waals surface area contributed by atoms with Gasteiger partial charge in [-0.25, -0.2) is 0 Å². The maximum atomic E-state index is 11.6. The summed E-state index contributed by atoms with van der Waals surface area (Å²) in [4.78, 5) is 11.6. The molecule has 4 fully saturated rings. The topological polar surface area (TPSA) is 78.8 Å². The van der Waals surface area contributed by atoms with Crippen molar-refractivity contribution in [3.05, 3.63) is 0 Å². The van der Waals surface area contributed by atoms with Crippen LogP contribution in [0.2, 0.25) is 0 Å². The monoisotopic (exact) mass is 266 g/mol. The lowest BCUT2D eigenvalue weighted by Crippen LogP contribution is -2.64. The third-order valence-electron chi connectivity index (χ3n) is 5.29. The number of aliphatic carboxylic acids is 1. The van der Waals surface area contributed by atoms with Gasteiger partial charge in [-0.05, 0) is 55.8 Å². The molecule has 0 aromatic rings. The molecule has 19 heavy (non-hydrogen) atoms. The van der Waals surface area contributed by atoms with Gasteiger partial charge in [-0.2, -0.15) is 0 Å². The van der Waals surface area contributed by atoms with E-state index >= 15 is 0 Å². The molecule has 0 amide bonds. The highest BCUT2D eigenvalue weighted by Gasteiger charge is 2.60. The zero-order chi connectivity index (χ0) is 13.7. The van der Waals surface area contributed by atoms with Crippen molar-refractivity contribution in [3.8, 4) is 0 Å². The van der Waals surface area contributed by atoms with Gasteiger partial charge in [-0.1, -0.05) is 0 Å². The van der Waals surface area contributed by atoms with Gasteiger partial charge in [-0.3, -0.25) is 4.79 Å². The summed E-state index contributed by atoms with van der Waals surface area (Å²) in [6.07, 6.45) is 5.29. The van der Waals surface area contributed by atoms with Crippen molar-refractivity contribution in [2.45, 2.75) is 50.2 Å². The van der Waals surface area contributed by atoms with E-state index in [1.54, 1.807) is 0 Å². The Morgan fingerprint density at radius 3 is 2.47 bits per heavy atom. The van der Waals surface area contributed by atoms with E-state index in [9.17, 15) is 15.0 Å². The molecule has 3 atom stereocenters. The Morgan fingerprint density at radius 2 is 2.00 bits per heavy atom. The normalized spacial score (nSPS) is 45.2. The first-order valence-corrected chi connectivity index (χ1v) is 7.02. The van der Waals surface area contributed by atoms with Crippen molar-refractivity contribution in [2.24, 2.45) is 17.3 Å². The number of carboxylic acid groups (broad SMARTS) is 1. The molecule has 0 aromatic carbocycles. The molecule has 6 heteroatoms. The summed E-state index contributed by atoms with van der Waals surface area (Å²) < 4.78 is 4.85. The van der Waals surface area contributed by atoms with Crippen LogP contribution >= 0.6 is 0 Å². The summed E-state index contributed by atoms with van der Waals surface area (Å²) in [6, 6.07) is -0.662. The third-order valence-corrected chi connectivity index (χ3v) is 5.29. The Labute approximate surface area is 114 Å². The molecule has 2 unspecified atom stereocenters. The Balaban J connectivity index is 1.86. The van der Waals surface area contributed by atoms with Crippen LogP contribution in [0.15, 0.2) is 0 Å².